The molecular weight excluding hydrogens is 340 g/mol. The van der Waals surface area contributed by atoms with E-state index in [0.717, 1.165) is 37.0 Å². The Morgan fingerprint density at radius 2 is 2.04 bits per heavy atom. The Balaban J connectivity index is 1.70. The highest BCUT2D eigenvalue weighted by molar-refractivity contribution is 5.36. The fourth-order valence-electron chi connectivity index (χ4n) is 6.54. The second-order valence-electron chi connectivity index (χ2n) is 10.4. The zero-order chi connectivity index (χ0) is 20.3. The molecule has 3 fully saturated rings. The molecule has 28 heavy (non-hydrogen) atoms. The van der Waals surface area contributed by atoms with E-state index in [1.165, 1.54) is 68.1 Å². The summed E-state index contributed by atoms with van der Waals surface area (Å²) in [5.74, 6) is 2.44. The highest BCUT2D eigenvalue weighted by atomic mass is 16.3. The number of fused-ring (bicyclic) bond motifs is 1. The van der Waals surface area contributed by atoms with Gasteiger partial charge in [-0.25, -0.2) is 0 Å². The molecule has 0 radical (unpaired) electrons. The van der Waals surface area contributed by atoms with Crippen LogP contribution in [0.3, 0.4) is 0 Å². The maximum absolute atomic E-state index is 10.0. The molecule has 0 aromatic rings. The molecule has 3 aliphatic carbocycles. The topological polar surface area (TPSA) is 20.2 Å². The SMILES string of the molecule is C=C(C)CCC[C@@H](C)[C@H]1CC[C@H]2/C(=C/C=C3/C[C@H](O)CCC3=C)CCC[C@]12C. The van der Waals surface area contributed by atoms with Gasteiger partial charge >= 0.3 is 0 Å². The van der Waals surface area contributed by atoms with Crippen molar-refractivity contribution >= 4 is 0 Å². The van der Waals surface area contributed by atoms with E-state index in [2.05, 4.69) is 46.1 Å². The van der Waals surface area contributed by atoms with E-state index < -0.39 is 0 Å². The summed E-state index contributed by atoms with van der Waals surface area (Å²) in [4.78, 5) is 0. The fraction of sp³-hybridized carbons (Fsp3) is 0.704. The molecule has 1 nitrogen and oxygen atoms in total. The molecule has 0 spiro atoms. The zero-order valence-corrected chi connectivity index (χ0v) is 18.6. The predicted octanol–water partition coefficient (Wildman–Crippen LogP) is 7.54. The Bertz CT molecular complexity index is 651. The first kappa shape index (κ1) is 21.6. The second kappa shape index (κ2) is 9.16. The summed E-state index contributed by atoms with van der Waals surface area (Å²) in [5.41, 5.74) is 5.99. The highest BCUT2D eigenvalue weighted by Gasteiger charge is 2.50. The predicted molar refractivity (Wildman–Crippen MR) is 121 cm³/mol. The smallest absolute Gasteiger partial charge is 0.0583 e. The number of hydrogen-bond donors (Lipinski definition) is 1. The van der Waals surface area contributed by atoms with Crippen LogP contribution in [-0.4, -0.2) is 11.2 Å². The van der Waals surface area contributed by atoms with E-state index in [4.69, 9.17) is 0 Å². The van der Waals surface area contributed by atoms with E-state index in [9.17, 15) is 5.11 Å². The van der Waals surface area contributed by atoms with Gasteiger partial charge in [-0.3, -0.25) is 0 Å². The van der Waals surface area contributed by atoms with Crippen molar-refractivity contribution in [2.24, 2.45) is 23.2 Å². The van der Waals surface area contributed by atoms with Crippen LogP contribution in [0.15, 0.2) is 47.6 Å². The quantitative estimate of drug-likeness (QED) is 0.470. The first-order valence-electron chi connectivity index (χ1n) is 11.7. The summed E-state index contributed by atoms with van der Waals surface area (Å²) in [6.07, 6.45) is 17.7. The molecule has 0 aliphatic heterocycles. The fourth-order valence-corrected chi connectivity index (χ4v) is 6.54. The molecule has 3 rings (SSSR count). The van der Waals surface area contributed by atoms with Gasteiger partial charge in [-0.15, -0.1) is 6.58 Å². The van der Waals surface area contributed by atoms with Gasteiger partial charge < -0.3 is 5.11 Å². The van der Waals surface area contributed by atoms with E-state index >= 15 is 0 Å². The normalized spacial score (nSPS) is 37.3. The van der Waals surface area contributed by atoms with Crippen molar-refractivity contribution in [3.63, 3.8) is 0 Å². The van der Waals surface area contributed by atoms with E-state index in [1.54, 1.807) is 5.57 Å². The third-order valence-corrected chi connectivity index (χ3v) is 8.18. The van der Waals surface area contributed by atoms with Crippen molar-refractivity contribution in [3.8, 4) is 0 Å². The lowest BCUT2D eigenvalue weighted by molar-refractivity contribution is 0.0935. The monoisotopic (exact) mass is 382 g/mol. The van der Waals surface area contributed by atoms with Crippen LogP contribution in [0.2, 0.25) is 0 Å². The highest BCUT2D eigenvalue weighted by Crippen LogP contribution is 2.59. The Labute approximate surface area is 173 Å². The first-order valence-corrected chi connectivity index (χ1v) is 11.7. The molecule has 0 amide bonds. The first-order chi connectivity index (χ1) is 13.3. The van der Waals surface area contributed by atoms with E-state index in [0.29, 0.717) is 5.41 Å². The Kier molecular flexibility index (Phi) is 7.07. The second-order valence-corrected chi connectivity index (χ2v) is 10.4. The minimum Gasteiger partial charge on any atom is -0.393 e. The van der Waals surface area contributed by atoms with Crippen LogP contribution in [0, 0.1) is 23.2 Å². The van der Waals surface area contributed by atoms with Crippen LogP contribution in [0.25, 0.3) is 0 Å². The molecule has 0 saturated heterocycles. The van der Waals surface area contributed by atoms with Gasteiger partial charge in [0.05, 0.1) is 6.10 Å². The largest absolute Gasteiger partial charge is 0.393 e. The molecular formula is C27H42O. The maximum atomic E-state index is 10.0. The van der Waals surface area contributed by atoms with Crippen LogP contribution >= 0.6 is 0 Å². The number of aliphatic hydroxyl groups excluding tert-OH is 1. The molecule has 0 unspecified atom stereocenters. The minimum absolute atomic E-state index is 0.178. The van der Waals surface area contributed by atoms with Gasteiger partial charge in [0, 0.05) is 0 Å². The van der Waals surface area contributed by atoms with Crippen LogP contribution in [0.4, 0.5) is 0 Å². The van der Waals surface area contributed by atoms with E-state index in [1.807, 2.05) is 0 Å². The number of rotatable bonds is 6. The third-order valence-electron chi connectivity index (χ3n) is 8.18. The molecule has 3 saturated carbocycles. The maximum Gasteiger partial charge on any atom is 0.0583 e. The van der Waals surface area contributed by atoms with Gasteiger partial charge in [0.1, 0.15) is 0 Å². The van der Waals surface area contributed by atoms with Crippen molar-refractivity contribution in [2.75, 3.05) is 0 Å². The van der Waals surface area contributed by atoms with Gasteiger partial charge in [0.15, 0.2) is 0 Å². The lowest BCUT2D eigenvalue weighted by Crippen LogP contribution is -2.36. The molecule has 0 bridgehead atoms. The van der Waals surface area contributed by atoms with Gasteiger partial charge in [-0.05, 0) is 99.9 Å². The van der Waals surface area contributed by atoms with Gasteiger partial charge in [-0.2, -0.15) is 0 Å². The van der Waals surface area contributed by atoms with Crippen LogP contribution in [-0.2, 0) is 0 Å². The summed E-state index contributed by atoms with van der Waals surface area (Å²) in [5, 5.41) is 10.0. The van der Waals surface area contributed by atoms with Crippen molar-refractivity contribution in [1.29, 1.82) is 0 Å². The standard InChI is InChI=1S/C27H42O/c1-19(2)8-6-9-21(4)25-15-16-26-22(10-7-17-27(25,26)5)12-13-23-18-24(28)14-11-20(23)3/h12-13,21,24-26,28H,1,3,6-11,14-18H2,2,4-5H3/b22-12+,23-13-/t21-,24-,25-,26+,27-/m1/s1. The minimum atomic E-state index is -0.178. The molecule has 0 aromatic carbocycles. The number of allylic oxidation sites excluding steroid dienone is 5. The molecule has 156 valence electrons. The third kappa shape index (κ3) is 4.73. The Hall–Kier alpha value is -1.08. The van der Waals surface area contributed by atoms with Crippen molar-refractivity contribution < 1.29 is 5.11 Å². The van der Waals surface area contributed by atoms with Gasteiger partial charge in [0.25, 0.3) is 0 Å². The molecule has 0 heterocycles. The number of aliphatic hydroxyl groups is 1. The summed E-state index contributed by atoms with van der Waals surface area (Å²) in [6, 6.07) is 0. The Morgan fingerprint density at radius 3 is 2.79 bits per heavy atom. The molecule has 0 aromatic heterocycles. The number of hydrogen-bond acceptors (Lipinski definition) is 1. The van der Waals surface area contributed by atoms with Crippen LogP contribution in [0.5, 0.6) is 0 Å². The molecule has 1 heteroatoms. The lowest BCUT2D eigenvalue weighted by Gasteiger charge is -2.44. The summed E-state index contributed by atoms with van der Waals surface area (Å²) in [6.45, 7) is 15.6. The average Bonchev–Trinajstić information content (AvgIpc) is 2.99. The lowest BCUT2D eigenvalue weighted by atomic mass is 9.60. The van der Waals surface area contributed by atoms with Crippen LogP contribution < -0.4 is 0 Å². The van der Waals surface area contributed by atoms with Crippen molar-refractivity contribution in [3.05, 3.63) is 47.6 Å². The van der Waals surface area contributed by atoms with Crippen molar-refractivity contribution in [2.45, 2.75) is 97.5 Å². The summed E-state index contributed by atoms with van der Waals surface area (Å²) < 4.78 is 0. The zero-order valence-electron chi connectivity index (χ0n) is 18.6. The Morgan fingerprint density at radius 1 is 1.25 bits per heavy atom. The van der Waals surface area contributed by atoms with Crippen molar-refractivity contribution in [1.82, 2.24) is 0 Å². The van der Waals surface area contributed by atoms with E-state index in [-0.39, 0.29) is 6.10 Å². The van der Waals surface area contributed by atoms with Crippen LogP contribution in [0.1, 0.15) is 91.4 Å². The van der Waals surface area contributed by atoms with Gasteiger partial charge in [-0.1, -0.05) is 55.7 Å². The van der Waals surface area contributed by atoms with Gasteiger partial charge in [0.2, 0.25) is 0 Å². The molecule has 1 N–H and O–H groups in total. The molecule has 5 atom stereocenters. The summed E-state index contributed by atoms with van der Waals surface area (Å²) >= 11 is 0. The molecule has 3 aliphatic rings. The summed E-state index contributed by atoms with van der Waals surface area (Å²) in [7, 11) is 0. The average molecular weight is 383 g/mol.